The second-order valence-electron chi connectivity index (χ2n) is 8.85. The Labute approximate surface area is 201 Å². The maximum Gasteiger partial charge on any atom is 0.407 e. The Balaban J connectivity index is 1.58. The molecule has 0 unspecified atom stereocenters. The number of carbonyl (C=O) groups is 2. The number of alkyl carbamates (subject to hydrolysis) is 1. The van der Waals surface area contributed by atoms with Crippen molar-refractivity contribution in [3.8, 4) is 0 Å². The number of hydrogen-bond acceptors (Lipinski definition) is 5. The lowest BCUT2D eigenvalue weighted by Crippen LogP contribution is -2.45. The molecule has 1 aliphatic rings. The minimum Gasteiger partial charge on any atom is -0.444 e. The molecule has 32 heavy (non-hydrogen) atoms. The number of rotatable bonds is 5. The Morgan fingerprint density at radius 1 is 1.09 bits per heavy atom. The van der Waals surface area contributed by atoms with E-state index in [0.717, 1.165) is 28.3 Å². The Kier molecular flexibility index (Phi) is 7.91. The number of anilines is 2. The standard InChI is InChI=1S/C23H28FIN4O3/c1-23(2,3)32-22(31)29-17-9-7-16(8-10-17)28-21(30)19-11-14(24)13-26-20(19)27-18-6-4-5-15(25)12-18/h4-6,11-13,16-17H,7-10H2,1-3H3,(H,26,27)(H,28,30)(H,29,31). The molecule has 0 aliphatic heterocycles. The highest BCUT2D eigenvalue weighted by Gasteiger charge is 2.26. The second kappa shape index (κ2) is 10.5. The predicted molar refractivity (Wildman–Crippen MR) is 130 cm³/mol. The molecular weight excluding hydrogens is 526 g/mol. The van der Waals surface area contributed by atoms with Crippen molar-refractivity contribution >= 4 is 46.1 Å². The number of benzene rings is 1. The van der Waals surface area contributed by atoms with Gasteiger partial charge in [-0.15, -0.1) is 0 Å². The zero-order valence-electron chi connectivity index (χ0n) is 18.4. The molecule has 7 nitrogen and oxygen atoms in total. The van der Waals surface area contributed by atoms with Crippen molar-refractivity contribution in [2.24, 2.45) is 0 Å². The van der Waals surface area contributed by atoms with Gasteiger partial charge in [-0.2, -0.15) is 0 Å². The number of hydrogen-bond donors (Lipinski definition) is 3. The minimum absolute atomic E-state index is 0.00613. The summed E-state index contributed by atoms with van der Waals surface area (Å²) in [4.78, 5) is 28.9. The average molecular weight is 554 g/mol. The molecule has 2 amide bonds. The molecule has 1 aromatic heterocycles. The second-order valence-corrected chi connectivity index (χ2v) is 10.1. The Morgan fingerprint density at radius 3 is 2.38 bits per heavy atom. The molecule has 0 spiro atoms. The Bertz CT molecular complexity index is 972. The van der Waals surface area contributed by atoms with Crippen molar-refractivity contribution in [1.82, 2.24) is 15.6 Å². The third-order valence-corrected chi connectivity index (χ3v) is 5.64. The Hall–Kier alpha value is -2.43. The summed E-state index contributed by atoms with van der Waals surface area (Å²) in [7, 11) is 0. The molecule has 0 bridgehead atoms. The van der Waals surface area contributed by atoms with Crippen LogP contribution in [0.1, 0.15) is 56.8 Å². The van der Waals surface area contributed by atoms with Crippen LogP contribution in [0.15, 0.2) is 36.5 Å². The molecule has 1 aliphatic carbocycles. The van der Waals surface area contributed by atoms with Gasteiger partial charge >= 0.3 is 6.09 Å². The topological polar surface area (TPSA) is 92.4 Å². The smallest absolute Gasteiger partial charge is 0.407 e. The third kappa shape index (κ3) is 7.32. The number of aromatic nitrogens is 1. The highest BCUT2D eigenvalue weighted by molar-refractivity contribution is 14.1. The van der Waals surface area contributed by atoms with Crippen LogP contribution in [0, 0.1) is 9.39 Å². The lowest BCUT2D eigenvalue weighted by Gasteiger charge is -2.30. The van der Waals surface area contributed by atoms with Gasteiger partial charge in [-0.1, -0.05) is 6.07 Å². The molecule has 0 saturated heterocycles. The van der Waals surface area contributed by atoms with Gasteiger partial charge in [0.1, 0.15) is 17.2 Å². The summed E-state index contributed by atoms with van der Waals surface area (Å²) >= 11 is 2.19. The normalized spacial score (nSPS) is 18.5. The number of pyridine rings is 1. The maximum atomic E-state index is 13.9. The predicted octanol–water partition coefficient (Wildman–Crippen LogP) is 5.13. The zero-order valence-corrected chi connectivity index (χ0v) is 20.5. The van der Waals surface area contributed by atoms with Gasteiger partial charge in [0.2, 0.25) is 0 Å². The summed E-state index contributed by atoms with van der Waals surface area (Å²) in [6, 6.07) is 8.73. The minimum atomic E-state index is -0.575. The molecule has 2 aromatic rings. The van der Waals surface area contributed by atoms with Crippen LogP contribution in [0.2, 0.25) is 0 Å². The molecule has 3 rings (SSSR count). The Morgan fingerprint density at radius 2 is 1.75 bits per heavy atom. The number of nitrogens with one attached hydrogen (secondary N) is 3. The van der Waals surface area contributed by atoms with E-state index in [1.54, 1.807) is 0 Å². The van der Waals surface area contributed by atoms with E-state index in [4.69, 9.17) is 4.74 Å². The highest BCUT2D eigenvalue weighted by Crippen LogP contribution is 2.23. The van der Waals surface area contributed by atoms with Crippen molar-refractivity contribution in [3.63, 3.8) is 0 Å². The van der Waals surface area contributed by atoms with E-state index in [9.17, 15) is 14.0 Å². The number of ether oxygens (including phenoxy) is 1. The number of nitrogens with zero attached hydrogens (tertiary/aromatic N) is 1. The van der Waals surface area contributed by atoms with Gasteiger partial charge in [0.15, 0.2) is 0 Å². The van der Waals surface area contributed by atoms with Crippen molar-refractivity contribution in [1.29, 1.82) is 0 Å². The van der Waals surface area contributed by atoms with Crippen molar-refractivity contribution < 1.29 is 18.7 Å². The first-order valence-electron chi connectivity index (χ1n) is 10.6. The molecule has 3 N–H and O–H groups in total. The lowest BCUT2D eigenvalue weighted by atomic mass is 9.91. The molecule has 0 atom stereocenters. The summed E-state index contributed by atoms with van der Waals surface area (Å²) in [5.41, 5.74) is 0.370. The SMILES string of the molecule is CC(C)(C)OC(=O)NC1CCC(NC(=O)c2cc(F)cnc2Nc2cccc(I)c2)CC1. The van der Waals surface area contributed by atoms with Gasteiger partial charge in [0.25, 0.3) is 5.91 Å². The number of halogens is 2. The third-order valence-electron chi connectivity index (χ3n) is 4.97. The monoisotopic (exact) mass is 554 g/mol. The van der Waals surface area contributed by atoms with Gasteiger partial charge < -0.3 is 20.7 Å². The zero-order chi connectivity index (χ0) is 23.3. The fourth-order valence-corrected chi connectivity index (χ4v) is 4.08. The first-order valence-corrected chi connectivity index (χ1v) is 11.7. The van der Waals surface area contributed by atoms with Gasteiger partial charge in [0, 0.05) is 21.3 Å². The molecule has 1 saturated carbocycles. The van der Waals surface area contributed by atoms with Crippen LogP contribution in [-0.2, 0) is 4.74 Å². The molecule has 1 heterocycles. The molecule has 1 fully saturated rings. The first-order chi connectivity index (χ1) is 15.1. The van der Waals surface area contributed by atoms with Crippen LogP contribution < -0.4 is 16.0 Å². The summed E-state index contributed by atoms with van der Waals surface area (Å²) < 4.78 is 20.2. The van der Waals surface area contributed by atoms with E-state index in [1.807, 2.05) is 45.0 Å². The summed E-state index contributed by atoms with van der Waals surface area (Å²) in [6.07, 6.45) is 3.50. The number of carbonyl (C=O) groups excluding carboxylic acids is 2. The van der Waals surface area contributed by atoms with E-state index in [0.29, 0.717) is 18.7 Å². The van der Waals surface area contributed by atoms with Gasteiger partial charge in [-0.3, -0.25) is 4.79 Å². The van der Waals surface area contributed by atoms with Gasteiger partial charge in [0.05, 0.1) is 11.8 Å². The van der Waals surface area contributed by atoms with E-state index in [1.165, 1.54) is 6.07 Å². The quantitative estimate of drug-likeness (QED) is 0.446. The molecular formula is C23H28FIN4O3. The molecule has 1 aromatic carbocycles. The van der Waals surface area contributed by atoms with Crippen molar-refractivity contribution in [2.75, 3.05) is 5.32 Å². The summed E-state index contributed by atoms with van der Waals surface area (Å²) in [6.45, 7) is 5.46. The van der Waals surface area contributed by atoms with Crippen molar-refractivity contribution in [2.45, 2.75) is 64.1 Å². The summed E-state index contributed by atoms with van der Waals surface area (Å²) in [5, 5.41) is 8.97. The number of amides is 2. The van der Waals surface area contributed by atoms with Gasteiger partial charge in [-0.25, -0.2) is 14.2 Å². The van der Waals surface area contributed by atoms with E-state index in [-0.39, 0.29) is 23.6 Å². The molecule has 0 radical (unpaired) electrons. The van der Waals surface area contributed by atoms with Gasteiger partial charge in [-0.05, 0) is 93.3 Å². The maximum absolute atomic E-state index is 13.9. The van der Waals surface area contributed by atoms with E-state index < -0.39 is 17.5 Å². The fourth-order valence-electron chi connectivity index (χ4n) is 3.53. The average Bonchev–Trinajstić information content (AvgIpc) is 2.69. The lowest BCUT2D eigenvalue weighted by molar-refractivity contribution is 0.0488. The van der Waals surface area contributed by atoms with Crippen LogP contribution in [0.5, 0.6) is 0 Å². The van der Waals surface area contributed by atoms with Crippen LogP contribution >= 0.6 is 22.6 Å². The first kappa shape index (κ1) is 24.2. The van der Waals surface area contributed by atoms with Crippen LogP contribution in [-0.4, -0.2) is 34.7 Å². The molecule has 172 valence electrons. The van der Waals surface area contributed by atoms with Crippen LogP contribution in [0.25, 0.3) is 0 Å². The molecule has 9 heteroatoms. The largest absolute Gasteiger partial charge is 0.444 e. The fraction of sp³-hybridized carbons (Fsp3) is 0.435. The van der Waals surface area contributed by atoms with Crippen molar-refractivity contribution in [3.05, 3.63) is 51.5 Å². The van der Waals surface area contributed by atoms with E-state index in [2.05, 4.69) is 43.5 Å². The van der Waals surface area contributed by atoms with E-state index >= 15 is 0 Å². The van der Waals surface area contributed by atoms with Crippen LogP contribution in [0.4, 0.5) is 20.7 Å². The summed E-state index contributed by atoms with van der Waals surface area (Å²) in [5.74, 6) is -0.659. The highest BCUT2D eigenvalue weighted by atomic mass is 127. The van der Waals surface area contributed by atoms with Crippen LogP contribution in [0.3, 0.4) is 0 Å².